The zero-order valence-corrected chi connectivity index (χ0v) is 21.1. The molecule has 8 heteroatoms. The third kappa shape index (κ3) is 5.30. The largest absolute Gasteiger partial charge is 0.461 e. The van der Waals surface area contributed by atoms with Crippen LogP contribution in [0.3, 0.4) is 0 Å². The molecule has 0 bridgehead atoms. The highest BCUT2D eigenvalue weighted by Crippen LogP contribution is 2.27. The van der Waals surface area contributed by atoms with E-state index in [1.165, 1.54) is 17.0 Å². The van der Waals surface area contributed by atoms with Crippen molar-refractivity contribution < 1.29 is 23.5 Å². The number of carbonyl (C=O) groups is 3. The van der Waals surface area contributed by atoms with E-state index in [1.807, 2.05) is 0 Å². The van der Waals surface area contributed by atoms with E-state index in [0.29, 0.717) is 28.1 Å². The minimum atomic E-state index is -0.904. The summed E-state index contributed by atoms with van der Waals surface area (Å²) in [5.74, 6) is -1.67. The van der Waals surface area contributed by atoms with E-state index < -0.39 is 23.7 Å². The first-order chi connectivity index (χ1) is 16.6. The van der Waals surface area contributed by atoms with Gasteiger partial charge in [0.05, 0.1) is 23.2 Å². The number of nitrogens with zero attached hydrogens (tertiary/aromatic N) is 2. The average molecular weight is 499 g/mol. The predicted molar refractivity (Wildman–Crippen MR) is 132 cm³/mol. The number of Topliss-reactive ketones (excluding diaryl/α,β-unsaturated/α-hetero) is 1. The molecule has 3 aromatic rings. The smallest absolute Gasteiger partial charge is 0.355 e. The first-order valence-electron chi connectivity index (χ1n) is 11.3. The maximum atomic E-state index is 13.8. The number of rotatable bonds is 8. The molecule has 0 N–H and O–H groups in total. The summed E-state index contributed by atoms with van der Waals surface area (Å²) in [5.41, 5.74) is 2.65. The van der Waals surface area contributed by atoms with Crippen LogP contribution in [-0.4, -0.2) is 39.8 Å². The molecule has 0 aliphatic heterocycles. The van der Waals surface area contributed by atoms with Crippen molar-refractivity contribution in [3.8, 4) is 0 Å². The molecule has 0 fully saturated rings. The monoisotopic (exact) mass is 498 g/mol. The van der Waals surface area contributed by atoms with Gasteiger partial charge in [-0.15, -0.1) is 0 Å². The van der Waals surface area contributed by atoms with E-state index in [0.717, 1.165) is 0 Å². The summed E-state index contributed by atoms with van der Waals surface area (Å²) in [4.78, 5) is 41.3. The Kier molecular flexibility index (Phi) is 8.12. The summed E-state index contributed by atoms with van der Waals surface area (Å²) < 4.78 is 20.3. The zero-order valence-electron chi connectivity index (χ0n) is 20.4. The molecule has 0 saturated heterocycles. The van der Waals surface area contributed by atoms with Crippen molar-refractivity contribution in [2.45, 2.75) is 40.3 Å². The molecule has 1 aromatic heterocycles. The number of aromatic nitrogens is 1. The van der Waals surface area contributed by atoms with Crippen molar-refractivity contribution in [1.82, 2.24) is 9.47 Å². The number of hydrogen-bond acceptors (Lipinski definition) is 4. The second-order valence-electron chi connectivity index (χ2n) is 8.29. The zero-order chi connectivity index (χ0) is 25.9. The van der Waals surface area contributed by atoms with Crippen molar-refractivity contribution in [3.05, 3.63) is 93.0 Å². The summed E-state index contributed by atoms with van der Waals surface area (Å²) in [6, 6.07) is 11.4. The normalized spacial score (nSPS) is 11.7. The standard InChI is InChI=1S/C27H28ClFN2O4/c1-6-35-27(34)24-16(2)23(17(3)30(24)5)25(32)18(4)31(15-19-11-13-20(29)14-12-19)26(33)21-9-7-8-10-22(21)28/h7-14,18H,6,15H2,1-5H3/t18-/m1/s1. The van der Waals surface area contributed by atoms with Crippen molar-refractivity contribution in [2.75, 3.05) is 6.61 Å². The molecule has 3 rings (SSSR count). The van der Waals surface area contributed by atoms with Crippen LogP contribution in [0.2, 0.25) is 5.02 Å². The number of hydrogen-bond donors (Lipinski definition) is 0. The lowest BCUT2D eigenvalue weighted by atomic mass is 9.98. The van der Waals surface area contributed by atoms with Crippen LogP contribution in [0, 0.1) is 19.7 Å². The fourth-order valence-corrected chi connectivity index (χ4v) is 4.36. The molecular weight excluding hydrogens is 471 g/mol. The number of carbonyl (C=O) groups excluding carboxylic acids is 3. The molecule has 0 saturated carbocycles. The van der Waals surface area contributed by atoms with E-state index in [1.54, 1.807) is 75.7 Å². The Balaban J connectivity index is 2.05. The van der Waals surface area contributed by atoms with Gasteiger partial charge in [-0.3, -0.25) is 9.59 Å². The topological polar surface area (TPSA) is 68.6 Å². The number of ketones is 1. The van der Waals surface area contributed by atoms with Crippen LogP contribution in [0.4, 0.5) is 4.39 Å². The SMILES string of the molecule is CCOC(=O)c1c(C)c(C(=O)[C@@H](C)N(Cc2ccc(F)cc2)C(=O)c2ccccc2Cl)c(C)n1C. The van der Waals surface area contributed by atoms with Crippen LogP contribution in [0.5, 0.6) is 0 Å². The first kappa shape index (κ1) is 26.2. The molecule has 0 unspecified atom stereocenters. The van der Waals surface area contributed by atoms with Gasteiger partial charge >= 0.3 is 5.97 Å². The minimum Gasteiger partial charge on any atom is -0.461 e. The van der Waals surface area contributed by atoms with Gasteiger partial charge in [-0.25, -0.2) is 9.18 Å². The molecule has 0 aliphatic rings. The summed E-state index contributed by atoms with van der Waals surface area (Å²) in [7, 11) is 1.70. The van der Waals surface area contributed by atoms with Gasteiger partial charge in [-0.1, -0.05) is 35.9 Å². The fraction of sp³-hybridized carbons (Fsp3) is 0.296. The van der Waals surface area contributed by atoms with Crippen molar-refractivity contribution in [1.29, 1.82) is 0 Å². The van der Waals surface area contributed by atoms with Crippen LogP contribution < -0.4 is 0 Å². The maximum Gasteiger partial charge on any atom is 0.355 e. The number of ether oxygens (including phenoxy) is 1. The number of halogens is 2. The molecule has 0 aliphatic carbocycles. The van der Waals surface area contributed by atoms with E-state index in [2.05, 4.69) is 0 Å². The third-order valence-electron chi connectivity index (χ3n) is 6.12. The Morgan fingerprint density at radius 3 is 2.31 bits per heavy atom. The van der Waals surface area contributed by atoms with Gasteiger partial charge < -0.3 is 14.2 Å². The molecule has 1 heterocycles. The van der Waals surface area contributed by atoms with Gasteiger partial charge in [0.1, 0.15) is 11.5 Å². The van der Waals surface area contributed by atoms with Gasteiger partial charge in [-0.2, -0.15) is 0 Å². The van der Waals surface area contributed by atoms with Crippen LogP contribution in [0.15, 0.2) is 48.5 Å². The summed E-state index contributed by atoms with van der Waals surface area (Å²) in [6.07, 6.45) is 0. The lowest BCUT2D eigenvalue weighted by molar-refractivity contribution is 0.0513. The van der Waals surface area contributed by atoms with Gasteiger partial charge in [-0.05, 0) is 63.1 Å². The molecule has 0 radical (unpaired) electrons. The van der Waals surface area contributed by atoms with E-state index in [4.69, 9.17) is 16.3 Å². The van der Waals surface area contributed by atoms with Gasteiger partial charge in [0.25, 0.3) is 5.91 Å². The second kappa shape index (κ2) is 10.9. The lowest BCUT2D eigenvalue weighted by Crippen LogP contribution is -2.43. The molecule has 35 heavy (non-hydrogen) atoms. The third-order valence-corrected chi connectivity index (χ3v) is 6.45. The molecule has 0 spiro atoms. The average Bonchev–Trinajstić information content (AvgIpc) is 3.05. The molecular formula is C27H28ClFN2O4. The van der Waals surface area contributed by atoms with Crippen molar-refractivity contribution in [2.24, 2.45) is 7.05 Å². The fourth-order valence-electron chi connectivity index (χ4n) is 4.14. The Morgan fingerprint density at radius 2 is 1.71 bits per heavy atom. The minimum absolute atomic E-state index is 0.0624. The van der Waals surface area contributed by atoms with Crippen LogP contribution in [-0.2, 0) is 18.3 Å². The van der Waals surface area contributed by atoms with E-state index in [-0.39, 0.29) is 29.5 Å². The van der Waals surface area contributed by atoms with Crippen molar-refractivity contribution in [3.63, 3.8) is 0 Å². The highest BCUT2D eigenvalue weighted by molar-refractivity contribution is 6.33. The summed E-state index contributed by atoms with van der Waals surface area (Å²) in [6.45, 7) is 7.06. The van der Waals surface area contributed by atoms with Gasteiger partial charge in [0.2, 0.25) is 0 Å². The Hall–Kier alpha value is -3.45. The molecule has 6 nitrogen and oxygen atoms in total. The number of benzene rings is 2. The Labute approximate surface area is 209 Å². The quantitative estimate of drug-likeness (QED) is 0.303. The predicted octanol–water partition coefficient (Wildman–Crippen LogP) is 5.52. The summed E-state index contributed by atoms with van der Waals surface area (Å²) >= 11 is 6.29. The van der Waals surface area contributed by atoms with E-state index >= 15 is 0 Å². The van der Waals surface area contributed by atoms with Crippen LogP contribution in [0.25, 0.3) is 0 Å². The highest BCUT2D eigenvalue weighted by atomic mass is 35.5. The second-order valence-corrected chi connectivity index (χ2v) is 8.70. The first-order valence-corrected chi connectivity index (χ1v) is 11.6. The number of amides is 1. The highest BCUT2D eigenvalue weighted by Gasteiger charge is 2.33. The Morgan fingerprint density at radius 1 is 1.09 bits per heavy atom. The lowest BCUT2D eigenvalue weighted by Gasteiger charge is -2.29. The molecule has 1 amide bonds. The summed E-state index contributed by atoms with van der Waals surface area (Å²) in [5, 5.41) is 0.262. The maximum absolute atomic E-state index is 13.8. The molecule has 2 aromatic carbocycles. The Bertz CT molecular complexity index is 1270. The van der Waals surface area contributed by atoms with Crippen LogP contribution >= 0.6 is 11.6 Å². The van der Waals surface area contributed by atoms with Crippen molar-refractivity contribution >= 4 is 29.3 Å². The van der Waals surface area contributed by atoms with Crippen LogP contribution in [0.1, 0.15) is 61.9 Å². The number of esters is 1. The van der Waals surface area contributed by atoms with Gasteiger partial charge in [0, 0.05) is 24.8 Å². The van der Waals surface area contributed by atoms with E-state index in [9.17, 15) is 18.8 Å². The molecule has 1 atom stereocenters. The molecule has 184 valence electrons. The van der Waals surface area contributed by atoms with Gasteiger partial charge in [0.15, 0.2) is 5.78 Å².